The Balaban J connectivity index is 1.88. The molecule has 0 radical (unpaired) electrons. The zero-order chi connectivity index (χ0) is 17.8. The van der Waals surface area contributed by atoms with Crippen LogP contribution in [0.15, 0.2) is 54.2 Å². The SMILES string of the molecule is C=CC(=O)N1CC(N(CCC)c2cc(-c3ccncc3)c[nH]c2=O)C1. The van der Waals surface area contributed by atoms with Gasteiger partial charge in [-0.1, -0.05) is 13.5 Å². The molecule has 0 aliphatic carbocycles. The summed E-state index contributed by atoms with van der Waals surface area (Å²) in [6, 6.07) is 5.89. The first-order valence-electron chi connectivity index (χ1n) is 8.45. The second-order valence-corrected chi connectivity index (χ2v) is 6.13. The van der Waals surface area contributed by atoms with E-state index in [0.717, 1.165) is 24.1 Å². The second-order valence-electron chi connectivity index (χ2n) is 6.13. The van der Waals surface area contributed by atoms with E-state index in [2.05, 4.69) is 28.4 Å². The molecule has 0 aromatic carbocycles. The number of aromatic nitrogens is 2. The number of hydrogen-bond acceptors (Lipinski definition) is 4. The lowest BCUT2D eigenvalue weighted by atomic mass is 10.0. The summed E-state index contributed by atoms with van der Waals surface area (Å²) < 4.78 is 0. The van der Waals surface area contributed by atoms with Gasteiger partial charge in [0.15, 0.2) is 0 Å². The highest BCUT2D eigenvalue weighted by molar-refractivity contribution is 5.87. The maximum Gasteiger partial charge on any atom is 0.271 e. The van der Waals surface area contributed by atoms with Crippen molar-refractivity contribution < 1.29 is 4.79 Å². The Morgan fingerprint density at radius 1 is 1.40 bits per heavy atom. The molecule has 2 aromatic rings. The summed E-state index contributed by atoms with van der Waals surface area (Å²) in [5.41, 5.74) is 2.48. The van der Waals surface area contributed by atoms with Crippen LogP contribution in [0.4, 0.5) is 5.69 Å². The Kier molecular flexibility index (Phi) is 4.97. The third-order valence-corrected chi connectivity index (χ3v) is 4.46. The number of nitrogens with zero attached hydrogens (tertiary/aromatic N) is 3. The molecule has 130 valence electrons. The summed E-state index contributed by atoms with van der Waals surface area (Å²) in [7, 11) is 0. The van der Waals surface area contributed by atoms with Crippen molar-refractivity contribution in [3.63, 3.8) is 0 Å². The van der Waals surface area contributed by atoms with Gasteiger partial charge in [-0.15, -0.1) is 0 Å². The van der Waals surface area contributed by atoms with E-state index in [-0.39, 0.29) is 17.5 Å². The van der Waals surface area contributed by atoms with Gasteiger partial charge in [0.2, 0.25) is 5.91 Å². The molecule has 1 saturated heterocycles. The summed E-state index contributed by atoms with van der Waals surface area (Å²) in [6.45, 7) is 7.60. The number of likely N-dealkylation sites (tertiary alicyclic amines) is 1. The van der Waals surface area contributed by atoms with Crippen LogP contribution in [-0.2, 0) is 4.79 Å². The number of carbonyl (C=O) groups is 1. The van der Waals surface area contributed by atoms with Gasteiger partial charge in [-0.05, 0) is 36.3 Å². The molecule has 2 aromatic heterocycles. The molecular formula is C19H22N4O2. The van der Waals surface area contributed by atoms with E-state index in [1.807, 2.05) is 18.2 Å². The number of anilines is 1. The third-order valence-electron chi connectivity index (χ3n) is 4.46. The van der Waals surface area contributed by atoms with Gasteiger partial charge < -0.3 is 14.8 Å². The molecule has 0 saturated carbocycles. The summed E-state index contributed by atoms with van der Waals surface area (Å²) in [6.07, 6.45) is 7.44. The minimum absolute atomic E-state index is 0.0628. The van der Waals surface area contributed by atoms with E-state index < -0.39 is 0 Å². The fourth-order valence-corrected chi connectivity index (χ4v) is 3.10. The standard InChI is InChI=1S/C19H22N4O2/c1-3-9-23(16-12-22(13-16)18(24)4-2)17-10-15(11-21-19(17)25)14-5-7-20-8-6-14/h4-8,10-11,16H,2-3,9,12-13H2,1H3,(H,21,25). The number of aromatic amines is 1. The molecule has 0 unspecified atom stereocenters. The predicted octanol–water partition coefficient (Wildman–Crippen LogP) is 2.05. The molecule has 6 heteroatoms. The number of rotatable bonds is 6. The smallest absolute Gasteiger partial charge is 0.271 e. The third kappa shape index (κ3) is 3.47. The minimum atomic E-state index is -0.111. The van der Waals surface area contributed by atoms with Crippen LogP contribution >= 0.6 is 0 Å². The monoisotopic (exact) mass is 338 g/mol. The summed E-state index contributed by atoms with van der Waals surface area (Å²) >= 11 is 0. The molecule has 0 spiro atoms. The molecule has 25 heavy (non-hydrogen) atoms. The molecule has 6 nitrogen and oxygen atoms in total. The summed E-state index contributed by atoms with van der Waals surface area (Å²) in [5, 5.41) is 0. The fourth-order valence-electron chi connectivity index (χ4n) is 3.10. The average molecular weight is 338 g/mol. The number of carbonyl (C=O) groups excluding carboxylic acids is 1. The van der Waals surface area contributed by atoms with Gasteiger partial charge in [-0.2, -0.15) is 0 Å². The lowest BCUT2D eigenvalue weighted by Gasteiger charge is -2.45. The van der Waals surface area contributed by atoms with Crippen molar-refractivity contribution in [1.29, 1.82) is 0 Å². The number of pyridine rings is 2. The quantitative estimate of drug-likeness (QED) is 0.819. The van der Waals surface area contributed by atoms with E-state index >= 15 is 0 Å². The first-order valence-corrected chi connectivity index (χ1v) is 8.45. The van der Waals surface area contributed by atoms with Crippen molar-refractivity contribution in [2.24, 2.45) is 0 Å². The van der Waals surface area contributed by atoms with Gasteiger partial charge in [0, 0.05) is 43.8 Å². The zero-order valence-electron chi connectivity index (χ0n) is 14.3. The number of amides is 1. The fraction of sp³-hybridized carbons (Fsp3) is 0.316. The van der Waals surface area contributed by atoms with Crippen molar-refractivity contribution in [3.05, 3.63) is 59.8 Å². The van der Waals surface area contributed by atoms with Crippen LogP contribution in [0, 0.1) is 0 Å². The van der Waals surface area contributed by atoms with Crippen molar-refractivity contribution >= 4 is 11.6 Å². The van der Waals surface area contributed by atoms with Crippen molar-refractivity contribution in [1.82, 2.24) is 14.9 Å². The van der Waals surface area contributed by atoms with Crippen LogP contribution in [0.5, 0.6) is 0 Å². The molecule has 1 N–H and O–H groups in total. The maximum absolute atomic E-state index is 12.4. The Bertz CT molecular complexity index is 810. The van der Waals surface area contributed by atoms with Crippen LogP contribution in [0.25, 0.3) is 11.1 Å². The van der Waals surface area contributed by atoms with Crippen molar-refractivity contribution in [2.75, 3.05) is 24.5 Å². The number of H-pyrrole nitrogens is 1. The van der Waals surface area contributed by atoms with Crippen LogP contribution in [-0.4, -0.2) is 46.5 Å². The molecule has 3 rings (SSSR count). The van der Waals surface area contributed by atoms with E-state index in [9.17, 15) is 9.59 Å². The molecule has 0 bridgehead atoms. The van der Waals surface area contributed by atoms with Crippen LogP contribution in [0.1, 0.15) is 13.3 Å². The van der Waals surface area contributed by atoms with E-state index in [4.69, 9.17) is 0 Å². The molecular weight excluding hydrogens is 316 g/mol. The van der Waals surface area contributed by atoms with E-state index in [1.54, 1.807) is 23.5 Å². The van der Waals surface area contributed by atoms with Crippen molar-refractivity contribution in [3.8, 4) is 11.1 Å². The van der Waals surface area contributed by atoms with E-state index in [1.165, 1.54) is 6.08 Å². The van der Waals surface area contributed by atoms with Crippen LogP contribution in [0.3, 0.4) is 0 Å². The number of hydrogen-bond donors (Lipinski definition) is 1. The van der Waals surface area contributed by atoms with Gasteiger partial charge in [0.25, 0.3) is 5.56 Å². The molecule has 1 aliphatic rings. The van der Waals surface area contributed by atoms with Crippen LogP contribution < -0.4 is 10.5 Å². The zero-order valence-corrected chi connectivity index (χ0v) is 14.3. The molecule has 1 aliphatic heterocycles. The predicted molar refractivity (Wildman–Crippen MR) is 98.5 cm³/mol. The van der Waals surface area contributed by atoms with E-state index in [0.29, 0.717) is 18.8 Å². The minimum Gasteiger partial charge on any atom is -0.361 e. The summed E-state index contributed by atoms with van der Waals surface area (Å²) in [4.78, 5) is 34.8. The largest absolute Gasteiger partial charge is 0.361 e. The van der Waals surface area contributed by atoms with Gasteiger partial charge in [0.05, 0.1) is 6.04 Å². The first-order chi connectivity index (χ1) is 12.1. The first kappa shape index (κ1) is 17.0. The topological polar surface area (TPSA) is 69.3 Å². The van der Waals surface area contributed by atoms with Gasteiger partial charge in [-0.3, -0.25) is 14.6 Å². The Labute approximate surface area is 146 Å². The highest BCUT2D eigenvalue weighted by Gasteiger charge is 2.34. The highest BCUT2D eigenvalue weighted by atomic mass is 16.2. The maximum atomic E-state index is 12.4. The highest BCUT2D eigenvalue weighted by Crippen LogP contribution is 2.25. The van der Waals surface area contributed by atoms with Crippen LogP contribution in [0.2, 0.25) is 0 Å². The normalized spacial score (nSPS) is 14.0. The van der Waals surface area contributed by atoms with Gasteiger partial charge in [0.1, 0.15) is 5.69 Å². The van der Waals surface area contributed by atoms with Gasteiger partial charge >= 0.3 is 0 Å². The summed E-state index contributed by atoms with van der Waals surface area (Å²) in [5.74, 6) is -0.0628. The Morgan fingerprint density at radius 3 is 2.76 bits per heavy atom. The molecule has 3 heterocycles. The second kappa shape index (κ2) is 7.34. The molecule has 1 fully saturated rings. The lowest BCUT2D eigenvalue weighted by molar-refractivity contribution is -0.130. The average Bonchev–Trinajstić information content (AvgIpc) is 2.61. The Hall–Kier alpha value is -2.89. The molecule has 1 amide bonds. The number of nitrogens with one attached hydrogen (secondary N) is 1. The van der Waals surface area contributed by atoms with Gasteiger partial charge in [-0.25, -0.2) is 0 Å². The molecule has 0 atom stereocenters. The van der Waals surface area contributed by atoms with Crippen molar-refractivity contribution in [2.45, 2.75) is 19.4 Å². The lowest BCUT2D eigenvalue weighted by Crippen LogP contribution is -2.61. The Morgan fingerprint density at radius 2 is 2.12 bits per heavy atom.